The Bertz CT molecular complexity index is 807. The monoisotopic (exact) mass is 293 g/mol. The van der Waals surface area contributed by atoms with Gasteiger partial charge in [-0.3, -0.25) is 4.79 Å². The van der Waals surface area contributed by atoms with E-state index in [1.807, 2.05) is 54.6 Å². The number of methoxy groups -OCH3 is 1. The van der Waals surface area contributed by atoms with Gasteiger partial charge in [0.2, 0.25) is 5.89 Å². The zero-order valence-corrected chi connectivity index (χ0v) is 12.2. The number of hydrogen-bond donors (Lipinski definition) is 0. The number of benzene rings is 2. The van der Waals surface area contributed by atoms with Gasteiger partial charge in [0.15, 0.2) is 11.0 Å². The zero-order chi connectivity index (χ0) is 15.2. The molecule has 1 saturated carbocycles. The fraction of sp³-hybridized carbons (Fsp3) is 0.222. The number of aromatic nitrogens is 1. The van der Waals surface area contributed by atoms with Crippen LogP contribution in [0.25, 0.3) is 11.1 Å². The fourth-order valence-electron chi connectivity index (χ4n) is 3.15. The summed E-state index contributed by atoms with van der Waals surface area (Å²) in [7, 11) is 1.41. The molecule has 2 aromatic carbocycles. The molecule has 1 aliphatic rings. The number of rotatable bonds is 3. The topological polar surface area (TPSA) is 52.3 Å². The average Bonchev–Trinajstić information content (AvgIpc) is 3.19. The summed E-state index contributed by atoms with van der Waals surface area (Å²) >= 11 is 0. The summed E-state index contributed by atoms with van der Waals surface area (Å²) in [6.07, 6.45) is 0.663. The number of fused-ring (bicyclic) bond motifs is 1. The van der Waals surface area contributed by atoms with E-state index in [1.165, 1.54) is 7.11 Å². The molecule has 0 aliphatic heterocycles. The van der Waals surface area contributed by atoms with Gasteiger partial charge in [-0.2, -0.15) is 0 Å². The van der Waals surface area contributed by atoms with Gasteiger partial charge in [0, 0.05) is 5.92 Å². The first-order valence-corrected chi connectivity index (χ1v) is 7.25. The van der Waals surface area contributed by atoms with E-state index in [4.69, 9.17) is 9.15 Å². The van der Waals surface area contributed by atoms with E-state index in [1.54, 1.807) is 0 Å². The SMILES string of the molecule is COC(=O)[C@@]1(c2nc3ccccc3o2)C[C@@H]1c1ccccc1. The van der Waals surface area contributed by atoms with Crippen molar-refractivity contribution in [1.29, 1.82) is 0 Å². The van der Waals surface area contributed by atoms with Crippen molar-refractivity contribution >= 4 is 17.1 Å². The third-order valence-corrected chi connectivity index (χ3v) is 4.39. The van der Waals surface area contributed by atoms with Crippen LogP contribution in [0.5, 0.6) is 0 Å². The third kappa shape index (κ3) is 1.77. The van der Waals surface area contributed by atoms with Crippen molar-refractivity contribution in [2.24, 2.45) is 0 Å². The molecule has 0 spiro atoms. The first-order chi connectivity index (χ1) is 10.8. The summed E-state index contributed by atoms with van der Waals surface area (Å²) in [5.41, 5.74) is 1.77. The van der Waals surface area contributed by atoms with Crippen molar-refractivity contribution in [2.45, 2.75) is 17.8 Å². The molecule has 3 aromatic rings. The van der Waals surface area contributed by atoms with Crippen LogP contribution in [0, 0.1) is 0 Å². The van der Waals surface area contributed by atoms with E-state index >= 15 is 0 Å². The molecule has 110 valence electrons. The highest BCUT2D eigenvalue weighted by Gasteiger charge is 2.66. The Morgan fingerprint density at radius 3 is 2.64 bits per heavy atom. The van der Waals surface area contributed by atoms with Gasteiger partial charge < -0.3 is 9.15 Å². The van der Waals surface area contributed by atoms with E-state index < -0.39 is 5.41 Å². The van der Waals surface area contributed by atoms with Gasteiger partial charge in [-0.05, 0) is 24.1 Å². The normalized spacial score (nSPS) is 23.4. The van der Waals surface area contributed by atoms with Gasteiger partial charge >= 0.3 is 5.97 Å². The highest BCUT2D eigenvalue weighted by molar-refractivity contribution is 5.89. The van der Waals surface area contributed by atoms with Crippen LogP contribution >= 0.6 is 0 Å². The van der Waals surface area contributed by atoms with Gasteiger partial charge in [0.25, 0.3) is 0 Å². The van der Waals surface area contributed by atoms with Crippen LogP contribution < -0.4 is 0 Å². The minimum Gasteiger partial charge on any atom is -0.468 e. The molecule has 2 atom stereocenters. The van der Waals surface area contributed by atoms with E-state index in [0.29, 0.717) is 17.9 Å². The highest BCUT2D eigenvalue weighted by Crippen LogP contribution is 2.61. The van der Waals surface area contributed by atoms with E-state index in [9.17, 15) is 4.79 Å². The van der Waals surface area contributed by atoms with Gasteiger partial charge in [-0.25, -0.2) is 4.98 Å². The van der Waals surface area contributed by atoms with Crippen molar-refractivity contribution in [3.8, 4) is 0 Å². The molecular formula is C18H15NO3. The molecule has 0 radical (unpaired) electrons. The molecule has 1 aromatic heterocycles. The maximum atomic E-state index is 12.4. The molecule has 0 N–H and O–H groups in total. The Labute approximate surface area is 127 Å². The number of esters is 1. The Hall–Kier alpha value is -2.62. The van der Waals surface area contributed by atoms with Crippen molar-refractivity contribution in [1.82, 2.24) is 4.98 Å². The molecule has 1 heterocycles. The van der Waals surface area contributed by atoms with Crippen LogP contribution in [0.2, 0.25) is 0 Å². The second-order valence-electron chi connectivity index (χ2n) is 5.62. The van der Waals surface area contributed by atoms with Crippen LogP contribution in [0.3, 0.4) is 0 Å². The average molecular weight is 293 g/mol. The summed E-state index contributed by atoms with van der Waals surface area (Å²) in [6, 6.07) is 17.5. The van der Waals surface area contributed by atoms with Crippen molar-refractivity contribution in [3.63, 3.8) is 0 Å². The quantitative estimate of drug-likeness (QED) is 0.694. The van der Waals surface area contributed by atoms with Crippen LogP contribution in [-0.2, 0) is 14.9 Å². The van der Waals surface area contributed by atoms with Crippen molar-refractivity contribution < 1.29 is 13.9 Å². The molecule has 1 fully saturated rings. The van der Waals surface area contributed by atoms with Crippen LogP contribution in [0.1, 0.15) is 23.8 Å². The maximum absolute atomic E-state index is 12.4. The molecule has 0 bridgehead atoms. The Balaban J connectivity index is 1.82. The molecule has 0 amide bonds. The first kappa shape index (κ1) is 13.1. The lowest BCUT2D eigenvalue weighted by atomic mass is 9.99. The highest BCUT2D eigenvalue weighted by atomic mass is 16.5. The minimum absolute atomic E-state index is 0.0502. The number of nitrogens with zero attached hydrogens (tertiary/aromatic N) is 1. The number of para-hydroxylation sites is 2. The summed E-state index contributed by atoms with van der Waals surface area (Å²) in [5.74, 6) is 0.219. The fourth-order valence-corrected chi connectivity index (χ4v) is 3.15. The largest absolute Gasteiger partial charge is 0.468 e. The Morgan fingerprint density at radius 2 is 1.91 bits per heavy atom. The molecule has 0 unspecified atom stereocenters. The van der Waals surface area contributed by atoms with Gasteiger partial charge in [-0.1, -0.05) is 42.5 Å². The summed E-state index contributed by atoms with van der Waals surface area (Å²) < 4.78 is 10.9. The first-order valence-electron chi connectivity index (χ1n) is 7.25. The Morgan fingerprint density at radius 1 is 1.18 bits per heavy atom. The number of carbonyl (C=O) groups excluding carboxylic acids is 1. The number of oxazole rings is 1. The number of hydrogen-bond acceptors (Lipinski definition) is 4. The maximum Gasteiger partial charge on any atom is 0.321 e. The van der Waals surface area contributed by atoms with Crippen molar-refractivity contribution in [3.05, 3.63) is 66.1 Å². The smallest absolute Gasteiger partial charge is 0.321 e. The van der Waals surface area contributed by atoms with Crippen LogP contribution in [0.15, 0.2) is 59.0 Å². The number of carbonyl (C=O) groups is 1. The molecule has 22 heavy (non-hydrogen) atoms. The molecule has 4 rings (SSSR count). The van der Waals surface area contributed by atoms with Gasteiger partial charge in [-0.15, -0.1) is 0 Å². The second-order valence-corrected chi connectivity index (χ2v) is 5.62. The lowest BCUT2D eigenvalue weighted by molar-refractivity contribution is -0.144. The van der Waals surface area contributed by atoms with E-state index in [-0.39, 0.29) is 11.9 Å². The molecule has 0 saturated heterocycles. The van der Waals surface area contributed by atoms with Crippen molar-refractivity contribution in [2.75, 3.05) is 7.11 Å². The van der Waals surface area contributed by atoms with Crippen LogP contribution in [-0.4, -0.2) is 18.1 Å². The zero-order valence-electron chi connectivity index (χ0n) is 12.2. The molecule has 4 heteroatoms. The predicted molar refractivity (Wildman–Crippen MR) is 81.5 cm³/mol. The minimum atomic E-state index is -0.797. The molecular weight excluding hydrogens is 278 g/mol. The molecule has 4 nitrogen and oxygen atoms in total. The predicted octanol–water partition coefficient (Wildman–Crippen LogP) is 3.43. The standard InChI is InChI=1S/C18H15NO3/c1-21-17(20)18(11-13(18)12-7-3-2-4-8-12)16-19-14-9-5-6-10-15(14)22-16/h2-10,13H,11H2,1H3/t13-,18+/m1/s1. The van der Waals surface area contributed by atoms with E-state index in [2.05, 4.69) is 4.98 Å². The molecule has 1 aliphatic carbocycles. The van der Waals surface area contributed by atoms with Crippen LogP contribution in [0.4, 0.5) is 0 Å². The lowest BCUT2D eigenvalue weighted by Crippen LogP contribution is -2.24. The summed E-state index contributed by atoms with van der Waals surface area (Å²) in [4.78, 5) is 17.0. The van der Waals surface area contributed by atoms with Gasteiger partial charge in [0.1, 0.15) is 5.52 Å². The second kappa shape index (κ2) is 4.70. The third-order valence-electron chi connectivity index (χ3n) is 4.39. The Kier molecular flexibility index (Phi) is 2.79. The van der Waals surface area contributed by atoms with Gasteiger partial charge in [0.05, 0.1) is 7.11 Å². The summed E-state index contributed by atoms with van der Waals surface area (Å²) in [5, 5.41) is 0. The summed E-state index contributed by atoms with van der Waals surface area (Å²) in [6.45, 7) is 0. The number of ether oxygens (including phenoxy) is 1. The van der Waals surface area contributed by atoms with E-state index in [0.717, 1.165) is 11.1 Å². The lowest BCUT2D eigenvalue weighted by Gasteiger charge is -2.11.